The van der Waals surface area contributed by atoms with Gasteiger partial charge >= 0.3 is 0 Å². The largest absolute Gasteiger partial charge is 0.322 e. The molecule has 0 aromatic heterocycles. The number of amides is 1. The molecule has 172 valence electrons. The Morgan fingerprint density at radius 2 is 1.81 bits per heavy atom. The summed E-state index contributed by atoms with van der Waals surface area (Å²) in [7, 11) is -3.81. The molecule has 1 N–H and O–H groups in total. The summed E-state index contributed by atoms with van der Waals surface area (Å²) in [5.41, 5.74) is -0.383. The molecule has 1 unspecified atom stereocenters. The second-order valence-electron chi connectivity index (χ2n) is 9.20. The summed E-state index contributed by atoms with van der Waals surface area (Å²) in [4.78, 5) is 12.5. The summed E-state index contributed by atoms with van der Waals surface area (Å²) < 4.78 is 67.0. The third-order valence-corrected chi connectivity index (χ3v) is 9.96. The summed E-state index contributed by atoms with van der Waals surface area (Å²) in [6, 6.07) is 5.11. The van der Waals surface area contributed by atoms with Gasteiger partial charge in [-0.25, -0.2) is 21.6 Å². The Hall–Kier alpha value is -2.06. The van der Waals surface area contributed by atoms with Gasteiger partial charge in [0.2, 0.25) is 0 Å². The van der Waals surface area contributed by atoms with E-state index in [1.54, 1.807) is 0 Å². The number of rotatable bonds is 4. The van der Waals surface area contributed by atoms with E-state index < -0.39 is 38.4 Å². The molecule has 2 aliphatic carbocycles. The first-order chi connectivity index (χ1) is 14.9. The Morgan fingerprint density at radius 1 is 1.16 bits per heavy atom. The van der Waals surface area contributed by atoms with Crippen LogP contribution in [0.4, 0.5) is 18.9 Å². The number of carbonyl (C=O) groups excluding carboxylic acids is 1. The highest BCUT2D eigenvalue weighted by atomic mass is 35.5. The van der Waals surface area contributed by atoms with Crippen LogP contribution < -0.4 is 5.32 Å². The lowest BCUT2D eigenvalue weighted by Gasteiger charge is -2.40. The van der Waals surface area contributed by atoms with Gasteiger partial charge in [-0.15, -0.1) is 0 Å². The highest BCUT2D eigenvalue weighted by Crippen LogP contribution is 2.57. The molecule has 2 aromatic rings. The average Bonchev–Trinajstić information content (AvgIpc) is 2.88. The summed E-state index contributed by atoms with van der Waals surface area (Å²) in [5, 5.41) is 1.68. The van der Waals surface area contributed by atoms with Crippen LogP contribution in [0.5, 0.6) is 0 Å². The minimum Gasteiger partial charge on any atom is -0.322 e. The molecule has 2 bridgehead atoms. The molecule has 2 fully saturated rings. The van der Waals surface area contributed by atoms with Crippen LogP contribution in [0.15, 0.2) is 35.2 Å². The predicted molar refractivity (Wildman–Crippen MR) is 116 cm³/mol. The van der Waals surface area contributed by atoms with Crippen molar-refractivity contribution in [3.05, 3.63) is 58.4 Å². The van der Waals surface area contributed by atoms with Gasteiger partial charge < -0.3 is 5.32 Å². The quantitative estimate of drug-likeness (QED) is 0.540. The van der Waals surface area contributed by atoms with E-state index in [0.29, 0.717) is 36.8 Å². The van der Waals surface area contributed by atoms with E-state index >= 15 is 0 Å². The van der Waals surface area contributed by atoms with Gasteiger partial charge in [0.1, 0.15) is 0 Å². The molecule has 32 heavy (non-hydrogen) atoms. The first-order valence-corrected chi connectivity index (χ1v) is 12.3. The number of sulfone groups is 1. The standard InChI is InChI=1S/C23H23ClF3NO3S/c1-12-13-5-6-23(12,2)11-16(7-13)32(30,31)20-8-14(3-4-17(20)24)22(29)28-15-9-18(25)21(27)19(26)10-15/h3-4,8-10,12-13,16H,5-7,11H2,1-2H3,(H,28,29)/t12-,13?,16+,23-/m1/s1. The maximum atomic E-state index is 13.5. The van der Waals surface area contributed by atoms with E-state index in [1.165, 1.54) is 18.2 Å². The Balaban J connectivity index is 1.62. The van der Waals surface area contributed by atoms with Crippen molar-refractivity contribution in [1.82, 2.24) is 0 Å². The summed E-state index contributed by atoms with van der Waals surface area (Å²) in [5.74, 6) is -4.55. The third-order valence-electron chi connectivity index (χ3n) is 7.33. The smallest absolute Gasteiger partial charge is 0.255 e. The molecule has 2 aliphatic rings. The van der Waals surface area contributed by atoms with E-state index in [1.807, 2.05) is 0 Å². The number of halogens is 4. The first-order valence-electron chi connectivity index (χ1n) is 10.4. The van der Waals surface area contributed by atoms with Crippen molar-refractivity contribution in [1.29, 1.82) is 0 Å². The molecule has 0 spiro atoms. The predicted octanol–water partition coefficient (Wildman–Crippen LogP) is 6.00. The SMILES string of the molecule is C[C@@H]1C2CC[C@]1(C)C[C@@H](S(=O)(=O)c1cc(C(=O)Nc3cc(F)c(F)c(F)c3)ccc1Cl)C2. The second-order valence-corrected chi connectivity index (χ2v) is 11.8. The highest BCUT2D eigenvalue weighted by Gasteiger charge is 2.51. The zero-order chi connectivity index (χ0) is 23.4. The van der Waals surface area contributed by atoms with Gasteiger partial charge in [0.15, 0.2) is 27.3 Å². The first kappa shape index (κ1) is 23.1. The minimum absolute atomic E-state index is 0.0107. The van der Waals surface area contributed by atoms with Gasteiger partial charge in [-0.3, -0.25) is 4.79 Å². The van der Waals surface area contributed by atoms with Crippen LogP contribution in [-0.4, -0.2) is 19.6 Å². The Morgan fingerprint density at radius 3 is 2.44 bits per heavy atom. The van der Waals surface area contributed by atoms with Crippen molar-refractivity contribution in [3.63, 3.8) is 0 Å². The molecule has 0 radical (unpaired) electrons. The molecule has 4 nitrogen and oxygen atoms in total. The van der Waals surface area contributed by atoms with Crippen LogP contribution in [0.1, 0.15) is 49.9 Å². The second kappa shape index (κ2) is 8.06. The zero-order valence-corrected chi connectivity index (χ0v) is 19.2. The Labute approximate surface area is 190 Å². The summed E-state index contributed by atoms with van der Waals surface area (Å²) in [6.45, 7) is 4.31. The van der Waals surface area contributed by atoms with Crippen molar-refractivity contribution < 1.29 is 26.4 Å². The van der Waals surface area contributed by atoms with Gasteiger partial charge in [0.05, 0.1) is 15.2 Å². The normalized spacial score (nSPS) is 27.4. The number of anilines is 1. The topological polar surface area (TPSA) is 63.2 Å². The number of nitrogens with one attached hydrogen (secondary N) is 1. The molecule has 4 atom stereocenters. The van der Waals surface area contributed by atoms with Crippen LogP contribution in [-0.2, 0) is 9.84 Å². The molecule has 2 aromatic carbocycles. The minimum atomic E-state index is -3.81. The van der Waals surface area contributed by atoms with Crippen LogP contribution in [0.25, 0.3) is 0 Å². The van der Waals surface area contributed by atoms with Gasteiger partial charge in [-0.1, -0.05) is 25.4 Å². The van der Waals surface area contributed by atoms with Crippen LogP contribution >= 0.6 is 11.6 Å². The van der Waals surface area contributed by atoms with E-state index in [-0.39, 0.29) is 26.6 Å². The van der Waals surface area contributed by atoms with Gasteiger partial charge in [-0.2, -0.15) is 0 Å². The molecule has 9 heteroatoms. The molecule has 0 heterocycles. The fraction of sp³-hybridized carbons (Fsp3) is 0.435. The maximum absolute atomic E-state index is 13.5. The van der Waals surface area contributed by atoms with Gasteiger partial charge in [-0.05, 0) is 61.1 Å². The average molecular weight is 486 g/mol. The Bertz CT molecular complexity index is 1180. The van der Waals surface area contributed by atoms with Crippen molar-refractivity contribution in [3.8, 4) is 0 Å². The van der Waals surface area contributed by atoms with Crippen molar-refractivity contribution in [2.75, 3.05) is 5.32 Å². The lowest BCUT2D eigenvalue weighted by molar-refractivity contribution is 0.102. The number of hydrogen-bond acceptors (Lipinski definition) is 3. The lowest BCUT2D eigenvalue weighted by Crippen LogP contribution is -2.39. The maximum Gasteiger partial charge on any atom is 0.255 e. The van der Waals surface area contributed by atoms with E-state index in [9.17, 15) is 26.4 Å². The van der Waals surface area contributed by atoms with E-state index in [4.69, 9.17) is 11.6 Å². The van der Waals surface area contributed by atoms with Crippen molar-refractivity contribution >= 4 is 33.0 Å². The van der Waals surface area contributed by atoms with Crippen LogP contribution in [0, 0.1) is 34.7 Å². The summed E-state index contributed by atoms with van der Waals surface area (Å²) in [6.07, 6.45) is 3.09. The molecule has 4 rings (SSSR count). The van der Waals surface area contributed by atoms with Gasteiger partial charge in [0, 0.05) is 23.4 Å². The number of fused-ring (bicyclic) bond motifs is 2. The third kappa shape index (κ3) is 3.92. The van der Waals surface area contributed by atoms with Crippen LogP contribution in [0.2, 0.25) is 5.02 Å². The molecule has 1 amide bonds. The molecule has 2 saturated carbocycles. The monoisotopic (exact) mass is 485 g/mol. The number of benzene rings is 2. The van der Waals surface area contributed by atoms with E-state index in [2.05, 4.69) is 19.2 Å². The summed E-state index contributed by atoms with van der Waals surface area (Å²) >= 11 is 6.22. The Kier molecular flexibility index (Phi) is 5.82. The highest BCUT2D eigenvalue weighted by molar-refractivity contribution is 7.92. The molecule has 0 saturated heterocycles. The van der Waals surface area contributed by atoms with Crippen LogP contribution in [0.3, 0.4) is 0 Å². The number of hydrogen-bond donors (Lipinski definition) is 1. The van der Waals surface area contributed by atoms with Crippen molar-refractivity contribution in [2.45, 2.75) is 49.7 Å². The lowest BCUT2D eigenvalue weighted by atomic mass is 9.69. The fourth-order valence-electron chi connectivity index (χ4n) is 5.22. The molecule has 0 aliphatic heterocycles. The molecular weight excluding hydrogens is 463 g/mol. The fourth-order valence-corrected chi connectivity index (χ4v) is 7.75. The zero-order valence-electron chi connectivity index (χ0n) is 17.6. The van der Waals surface area contributed by atoms with E-state index in [0.717, 1.165) is 12.8 Å². The number of carbonyl (C=O) groups is 1. The molecular formula is C23H23ClF3NO3S. The van der Waals surface area contributed by atoms with Gasteiger partial charge in [0.25, 0.3) is 5.91 Å². The van der Waals surface area contributed by atoms with Crippen molar-refractivity contribution in [2.24, 2.45) is 17.3 Å².